The summed E-state index contributed by atoms with van der Waals surface area (Å²) in [4.78, 5) is 38.9. The maximum absolute atomic E-state index is 13.4. The molecular weight excluding hydrogens is 444 g/mol. The molecule has 2 aliphatic rings. The van der Waals surface area contributed by atoms with Gasteiger partial charge in [0.2, 0.25) is 5.91 Å². The van der Waals surface area contributed by atoms with Crippen molar-refractivity contribution in [2.75, 3.05) is 26.2 Å². The number of alkyl carbamates (subject to hydrolysis) is 1. The van der Waals surface area contributed by atoms with Crippen LogP contribution in [0.4, 0.5) is 4.79 Å². The quantitative estimate of drug-likeness (QED) is 0.582. The Morgan fingerprint density at radius 2 is 1.63 bits per heavy atom. The van der Waals surface area contributed by atoms with E-state index >= 15 is 0 Å². The Kier molecular flexibility index (Phi) is 7.24. The predicted molar refractivity (Wildman–Crippen MR) is 133 cm³/mol. The summed E-state index contributed by atoms with van der Waals surface area (Å²) in [6, 6.07) is 16.3. The van der Waals surface area contributed by atoms with Gasteiger partial charge in [0.1, 0.15) is 6.61 Å². The van der Waals surface area contributed by atoms with E-state index in [0.29, 0.717) is 31.4 Å². The Labute approximate surface area is 205 Å². The molecule has 0 radical (unpaired) electrons. The van der Waals surface area contributed by atoms with Crippen LogP contribution in [-0.4, -0.2) is 54.2 Å². The zero-order chi connectivity index (χ0) is 25.0. The van der Waals surface area contributed by atoms with Crippen molar-refractivity contribution >= 4 is 18.0 Å². The number of aliphatic carboxylic acids is 1. The maximum Gasteiger partial charge on any atom is 0.407 e. The summed E-state index contributed by atoms with van der Waals surface area (Å²) < 4.78 is 5.64. The van der Waals surface area contributed by atoms with E-state index in [2.05, 4.69) is 29.6 Å². The number of hydrogen-bond acceptors (Lipinski definition) is 4. The van der Waals surface area contributed by atoms with Crippen molar-refractivity contribution in [3.63, 3.8) is 0 Å². The number of carboxylic acid groups (broad SMARTS) is 1. The number of nitrogens with zero attached hydrogens (tertiary/aromatic N) is 1. The number of hydrogen-bond donors (Lipinski definition) is 2. The van der Waals surface area contributed by atoms with E-state index in [9.17, 15) is 14.4 Å². The van der Waals surface area contributed by atoms with Crippen molar-refractivity contribution in [1.82, 2.24) is 10.2 Å². The molecule has 1 aliphatic heterocycles. The molecule has 1 heterocycles. The molecule has 1 aliphatic carbocycles. The van der Waals surface area contributed by atoms with Crippen molar-refractivity contribution in [2.45, 2.75) is 39.0 Å². The molecule has 4 rings (SSSR count). The first kappa shape index (κ1) is 24.5. The Balaban J connectivity index is 1.38. The Bertz CT molecular complexity index is 1110. The fourth-order valence-electron chi connectivity index (χ4n) is 5.15. The van der Waals surface area contributed by atoms with E-state index in [4.69, 9.17) is 9.84 Å². The second-order valence-corrected chi connectivity index (χ2v) is 9.20. The highest BCUT2D eigenvalue weighted by Gasteiger charge is 2.39. The molecule has 0 saturated heterocycles. The minimum Gasteiger partial charge on any atom is -0.478 e. The lowest BCUT2D eigenvalue weighted by molar-refractivity contribution is -0.143. The first-order valence-electron chi connectivity index (χ1n) is 12.2. The van der Waals surface area contributed by atoms with Gasteiger partial charge in [-0.1, -0.05) is 68.5 Å². The van der Waals surface area contributed by atoms with Gasteiger partial charge in [0.15, 0.2) is 0 Å². The number of carboxylic acids is 1. The van der Waals surface area contributed by atoms with Crippen molar-refractivity contribution in [3.8, 4) is 11.1 Å². The topological polar surface area (TPSA) is 95.9 Å². The van der Waals surface area contributed by atoms with Crippen LogP contribution in [0.25, 0.3) is 11.1 Å². The minimum atomic E-state index is -0.939. The summed E-state index contributed by atoms with van der Waals surface area (Å²) in [6.07, 6.45) is 2.48. The van der Waals surface area contributed by atoms with E-state index < -0.39 is 17.5 Å². The molecule has 35 heavy (non-hydrogen) atoms. The first-order chi connectivity index (χ1) is 16.9. The molecule has 2 aromatic carbocycles. The van der Waals surface area contributed by atoms with E-state index in [1.54, 1.807) is 11.0 Å². The number of ether oxygens (including phenoxy) is 1. The molecule has 0 unspecified atom stereocenters. The summed E-state index contributed by atoms with van der Waals surface area (Å²) in [6.45, 7) is 4.89. The van der Waals surface area contributed by atoms with Crippen LogP contribution >= 0.6 is 0 Å². The van der Waals surface area contributed by atoms with Crippen LogP contribution in [0.2, 0.25) is 0 Å². The molecule has 0 spiro atoms. The van der Waals surface area contributed by atoms with Gasteiger partial charge in [-0.05, 0) is 41.5 Å². The van der Waals surface area contributed by atoms with E-state index in [1.807, 2.05) is 38.1 Å². The summed E-state index contributed by atoms with van der Waals surface area (Å²) in [5, 5.41) is 12.0. The van der Waals surface area contributed by atoms with Crippen LogP contribution in [0.1, 0.15) is 50.2 Å². The van der Waals surface area contributed by atoms with Crippen molar-refractivity contribution in [3.05, 3.63) is 71.3 Å². The second kappa shape index (κ2) is 10.3. The fraction of sp³-hybridized carbons (Fsp3) is 0.393. The van der Waals surface area contributed by atoms with Crippen molar-refractivity contribution < 1.29 is 24.2 Å². The molecule has 0 aromatic heterocycles. The lowest BCUT2D eigenvalue weighted by Gasteiger charge is -2.37. The maximum atomic E-state index is 13.4. The number of nitrogens with one attached hydrogen (secondary N) is 1. The van der Waals surface area contributed by atoms with Gasteiger partial charge in [0.05, 0.1) is 5.41 Å². The molecule has 7 heteroatoms. The number of fused-ring (bicyclic) bond motifs is 3. The summed E-state index contributed by atoms with van der Waals surface area (Å²) in [5.74, 6) is -1.03. The minimum absolute atomic E-state index is 0.0274. The third kappa shape index (κ3) is 4.81. The Hall–Kier alpha value is -3.61. The molecule has 7 nitrogen and oxygen atoms in total. The normalized spacial score (nSPS) is 15.1. The molecule has 0 atom stereocenters. The Morgan fingerprint density at radius 1 is 1.03 bits per heavy atom. The first-order valence-corrected chi connectivity index (χ1v) is 12.2. The molecular formula is C28H32N2O5. The number of carbonyl (C=O) groups is 3. The highest BCUT2D eigenvalue weighted by atomic mass is 16.5. The summed E-state index contributed by atoms with van der Waals surface area (Å²) >= 11 is 0. The lowest BCUT2D eigenvalue weighted by atomic mass is 9.80. The zero-order valence-electron chi connectivity index (χ0n) is 20.3. The zero-order valence-corrected chi connectivity index (χ0v) is 20.3. The molecule has 0 bridgehead atoms. The predicted octanol–water partition coefficient (Wildman–Crippen LogP) is 4.57. The van der Waals surface area contributed by atoms with Gasteiger partial charge in [0.25, 0.3) is 0 Å². The van der Waals surface area contributed by atoms with Crippen LogP contribution < -0.4 is 5.32 Å². The highest BCUT2D eigenvalue weighted by Crippen LogP contribution is 2.44. The molecule has 2 aromatic rings. The largest absolute Gasteiger partial charge is 0.478 e. The van der Waals surface area contributed by atoms with Crippen LogP contribution in [0.15, 0.2) is 60.2 Å². The van der Waals surface area contributed by atoms with E-state index in [0.717, 1.165) is 11.1 Å². The third-order valence-corrected chi connectivity index (χ3v) is 7.49. The van der Waals surface area contributed by atoms with Gasteiger partial charge in [0, 0.05) is 31.1 Å². The second-order valence-electron chi connectivity index (χ2n) is 9.20. The monoisotopic (exact) mass is 476 g/mol. The molecule has 0 saturated carbocycles. The SMILES string of the molecule is CCC(CC)(CNC(=O)OCC1c2ccccc2-c2ccccc21)C(=O)N1CC=C(C(=O)O)CC1. The van der Waals surface area contributed by atoms with Gasteiger partial charge in [-0.3, -0.25) is 4.79 Å². The highest BCUT2D eigenvalue weighted by molar-refractivity contribution is 5.88. The van der Waals surface area contributed by atoms with Crippen LogP contribution in [-0.2, 0) is 14.3 Å². The van der Waals surface area contributed by atoms with Crippen LogP contribution in [0.3, 0.4) is 0 Å². The fourth-order valence-corrected chi connectivity index (χ4v) is 5.15. The third-order valence-electron chi connectivity index (χ3n) is 7.49. The molecule has 2 amide bonds. The van der Waals surface area contributed by atoms with Gasteiger partial charge >= 0.3 is 12.1 Å². The van der Waals surface area contributed by atoms with Gasteiger partial charge in [-0.15, -0.1) is 0 Å². The molecule has 0 fully saturated rings. The molecule has 2 N–H and O–H groups in total. The van der Waals surface area contributed by atoms with E-state index in [-0.39, 0.29) is 31.5 Å². The van der Waals surface area contributed by atoms with Gasteiger partial charge in [-0.2, -0.15) is 0 Å². The van der Waals surface area contributed by atoms with Gasteiger partial charge < -0.3 is 20.1 Å². The van der Waals surface area contributed by atoms with Gasteiger partial charge in [-0.25, -0.2) is 9.59 Å². The summed E-state index contributed by atoms with van der Waals surface area (Å²) in [7, 11) is 0. The smallest absolute Gasteiger partial charge is 0.407 e. The van der Waals surface area contributed by atoms with Crippen LogP contribution in [0.5, 0.6) is 0 Å². The average Bonchev–Trinajstić information content (AvgIpc) is 3.22. The summed E-state index contributed by atoms with van der Waals surface area (Å²) in [5.41, 5.74) is 4.20. The average molecular weight is 477 g/mol. The number of rotatable bonds is 8. The lowest BCUT2D eigenvalue weighted by Crippen LogP contribution is -2.51. The van der Waals surface area contributed by atoms with Crippen molar-refractivity contribution in [1.29, 1.82) is 0 Å². The molecule has 184 valence electrons. The Morgan fingerprint density at radius 3 is 2.14 bits per heavy atom. The number of benzene rings is 2. The van der Waals surface area contributed by atoms with E-state index in [1.165, 1.54) is 11.1 Å². The number of amides is 2. The van der Waals surface area contributed by atoms with Crippen molar-refractivity contribution in [2.24, 2.45) is 5.41 Å². The number of carbonyl (C=O) groups excluding carboxylic acids is 2. The van der Waals surface area contributed by atoms with Crippen LogP contribution in [0, 0.1) is 5.41 Å². The standard InChI is InChI=1S/C28H32N2O5/c1-3-28(4-2,26(33)30-15-13-19(14-16-30)25(31)32)18-29-27(34)35-17-24-22-11-7-5-9-20(22)21-10-6-8-12-23(21)24/h5-13,24H,3-4,14-18H2,1-2H3,(H,29,34)(H,31,32).